The van der Waals surface area contributed by atoms with Gasteiger partial charge in [0.25, 0.3) is 5.91 Å². The summed E-state index contributed by atoms with van der Waals surface area (Å²) in [5.41, 5.74) is 4.11. The van der Waals surface area contributed by atoms with Crippen LogP contribution < -0.4 is 14.9 Å². The topological polar surface area (TPSA) is 59.9 Å². The van der Waals surface area contributed by atoms with Crippen LogP contribution in [0.2, 0.25) is 10.0 Å². The lowest BCUT2D eigenvalue weighted by Crippen LogP contribution is -2.24. The molecule has 0 fully saturated rings. The lowest BCUT2D eigenvalue weighted by Gasteiger charge is -2.08. The number of ether oxygens (including phenoxy) is 2. The Morgan fingerprint density at radius 1 is 0.931 bits per heavy atom. The minimum atomic E-state index is -0.393. The summed E-state index contributed by atoms with van der Waals surface area (Å²) in [6.45, 7) is 0.314. The minimum absolute atomic E-state index is 0.171. The number of halogens is 2. The Hall–Kier alpha value is -3.02. The number of carbonyl (C=O) groups excluding carboxylic acids is 1. The molecule has 0 unspecified atom stereocenters. The minimum Gasteiger partial charge on any atom is -0.489 e. The van der Waals surface area contributed by atoms with Crippen molar-refractivity contribution in [3.8, 4) is 11.5 Å². The number of benzene rings is 3. The Balaban J connectivity index is 1.42. The molecule has 1 N–H and O–H groups in total. The standard InChI is InChI=1S/C22H18Cl2N2O3/c23-18-7-6-17(21(24)12-18)13-25-26-22(27)15-29-20-10-8-19(9-11-20)28-14-16-4-2-1-3-5-16/h1-13H,14-15H2,(H,26,27)/b25-13-. The van der Waals surface area contributed by atoms with Crippen LogP contribution in [0, 0.1) is 0 Å². The van der Waals surface area contributed by atoms with Crippen molar-refractivity contribution in [1.29, 1.82) is 0 Å². The molecule has 0 saturated carbocycles. The molecule has 5 nitrogen and oxygen atoms in total. The second kappa shape index (κ2) is 10.5. The zero-order valence-electron chi connectivity index (χ0n) is 15.3. The molecular formula is C22H18Cl2N2O3. The van der Waals surface area contributed by atoms with Gasteiger partial charge in [-0.25, -0.2) is 5.43 Å². The summed E-state index contributed by atoms with van der Waals surface area (Å²) in [6, 6.07) is 21.9. The molecule has 0 spiro atoms. The first-order valence-corrected chi connectivity index (χ1v) is 9.52. The SMILES string of the molecule is O=C(COc1ccc(OCc2ccccc2)cc1)N/N=C\c1ccc(Cl)cc1Cl. The van der Waals surface area contributed by atoms with Crippen molar-refractivity contribution in [3.63, 3.8) is 0 Å². The summed E-state index contributed by atoms with van der Waals surface area (Å²) in [7, 11) is 0. The summed E-state index contributed by atoms with van der Waals surface area (Å²) in [6.07, 6.45) is 1.44. The van der Waals surface area contributed by atoms with Crippen LogP contribution in [0.3, 0.4) is 0 Å². The number of carbonyl (C=O) groups is 1. The molecule has 0 aliphatic carbocycles. The van der Waals surface area contributed by atoms with Crippen LogP contribution in [-0.2, 0) is 11.4 Å². The highest BCUT2D eigenvalue weighted by Crippen LogP contribution is 2.20. The van der Waals surface area contributed by atoms with E-state index in [2.05, 4.69) is 10.5 Å². The Morgan fingerprint density at radius 2 is 1.62 bits per heavy atom. The molecule has 0 aliphatic rings. The first-order valence-electron chi connectivity index (χ1n) is 8.77. The van der Waals surface area contributed by atoms with Crippen LogP contribution in [0.1, 0.15) is 11.1 Å². The van der Waals surface area contributed by atoms with Crippen LogP contribution in [0.25, 0.3) is 0 Å². The molecule has 0 aliphatic heterocycles. The highest BCUT2D eigenvalue weighted by molar-refractivity contribution is 6.36. The van der Waals surface area contributed by atoms with Gasteiger partial charge in [-0.15, -0.1) is 0 Å². The molecule has 1 amide bonds. The van der Waals surface area contributed by atoms with Gasteiger partial charge in [0.05, 0.1) is 11.2 Å². The molecule has 7 heteroatoms. The van der Waals surface area contributed by atoms with Crippen molar-refractivity contribution < 1.29 is 14.3 Å². The van der Waals surface area contributed by atoms with Gasteiger partial charge in [-0.3, -0.25) is 4.79 Å². The zero-order chi connectivity index (χ0) is 20.5. The van der Waals surface area contributed by atoms with Crippen LogP contribution >= 0.6 is 23.2 Å². The van der Waals surface area contributed by atoms with E-state index in [9.17, 15) is 4.79 Å². The van der Waals surface area contributed by atoms with Crippen LogP contribution in [-0.4, -0.2) is 18.7 Å². The van der Waals surface area contributed by atoms with E-state index in [4.69, 9.17) is 32.7 Å². The monoisotopic (exact) mass is 428 g/mol. The van der Waals surface area contributed by atoms with Crippen molar-refractivity contribution in [2.75, 3.05) is 6.61 Å². The van der Waals surface area contributed by atoms with Gasteiger partial charge in [0.15, 0.2) is 6.61 Å². The molecule has 3 aromatic rings. The zero-order valence-corrected chi connectivity index (χ0v) is 16.9. The molecule has 0 atom stereocenters. The van der Waals surface area contributed by atoms with E-state index in [-0.39, 0.29) is 6.61 Å². The first-order chi connectivity index (χ1) is 14.1. The van der Waals surface area contributed by atoms with Gasteiger partial charge in [0.2, 0.25) is 0 Å². The largest absolute Gasteiger partial charge is 0.489 e. The summed E-state index contributed by atoms with van der Waals surface area (Å²) < 4.78 is 11.2. The number of nitrogens with zero attached hydrogens (tertiary/aromatic N) is 1. The maximum Gasteiger partial charge on any atom is 0.277 e. The number of hydrogen-bond acceptors (Lipinski definition) is 4. The molecule has 0 radical (unpaired) electrons. The summed E-state index contributed by atoms with van der Waals surface area (Å²) in [5, 5.41) is 4.83. The van der Waals surface area contributed by atoms with Gasteiger partial charge in [0.1, 0.15) is 18.1 Å². The molecule has 148 valence electrons. The van der Waals surface area contributed by atoms with Crippen molar-refractivity contribution in [2.45, 2.75) is 6.61 Å². The number of amides is 1. The van der Waals surface area contributed by atoms with Gasteiger partial charge in [0, 0.05) is 10.6 Å². The molecule has 0 aromatic heterocycles. The van der Waals surface area contributed by atoms with E-state index < -0.39 is 5.91 Å². The van der Waals surface area contributed by atoms with Gasteiger partial charge < -0.3 is 9.47 Å². The number of hydrogen-bond donors (Lipinski definition) is 1. The van der Waals surface area contributed by atoms with Crippen molar-refractivity contribution >= 4 is 35.3 Å². The number of hydrazone groups is 1. The molecule has 0 bridgehead atoms. The average molecular weight is 429 g/mol. The van der Waals surface area contributed by atoms with Gasteiger partial charge in [-0.1, -0.05) is 59.6 Å². The Labute approximate surface area is 178 Å². The Kier molecular flexibility index (Phi) is 7.50. The van der Waals surface area contributed by atoms with Crippen LogP contribution in [0.15, 0.2) is 77.9 Å². The second-order valence-corrected chi connectivity index (χ2v) is 6.84. The van der Waals surface area contributed by atoms with Crippen molar-refractivity contribution in [3.05, 3.63) is 94.0 Å². The highest BCUT2D eigenvalue weighted by Gasteiger charge is 2.03. The predicted molar refractivity (Wildman–Crippen MR) is 115 cm³/mol. The van der Waals surface area contributed by atoms with Crippen molar-refractivity contribution in [1.82, 2.24) is 5.43 Å². The fraction of sp³-hybridized carbons (Fsp3) is 0.0909. The van der Waals surface area contributed by atoms with E-state index in [1.54, 1.807) is 42.5 Å². The maximum absolute atomic E-state index is 11.8. The summed E-state index contributed by atoms with van der Waals surface area (Å²) >= 11 is 11.9. The molecule has 29 heavy (non-hydrogen) atoms. The van der Waals surface area contributed by atoms with Gasteiger partial charge in [-0.05, 0) is 42.0 Å². The number of nitrogens with one attached hydrogen (secondary N) is 1. The molecular weight excluding hydrogens is 411 g/mol. The Morgan fingerprint density at radius 3 is 2.31 bits per heavy atom. The lowest BCUT2D eigenvalue weighted by molar-refractivity contribution is -0.123. The van der Waals surface area contributed by atoms with E-state index in [1.807, 2.05) is 30.3 Å². The average Bonchev–Trinajstić information content (AvgIpc) is 2.74. The third-order valence-corrected chi connectivity index (χ3v) is 4.36. The molecule has 0 saturated heterocycles. The highest BCUT2D eigenvalue weighted by atomic mass is 35.5. The third-order valence-electron chi connectivity index (χ3n) is 3.80. The lowest BCUT2D eigenvalue weighted by atomic mass is 10.2. The van der Waals surface area contributed by atoms with Crippen LogP contribution in [0.5, 0.6) is 11.5 Å². The maximum atomic E-state index is 11.8. The second-order valence-electron chi connectivity index (χ2n) is 5.99. The normalized spacial score (nSPS) is 10.7. The number of rotatable bonds is 8. The van der Waals surface area contributed by atoms with Gasteiger partial charge >= 0.3 is 0 Å². The summed E-state index contributed by atoms with van der Waals surface area (Å²) in [4.78, 5) is 11.8. The third kappa shape index (κ3) is 6.82. The molecule has 0 heterocycles. The fourth-order valence-corrected chi connectivity index (χ4v) is 2.79. The first kappa shape index (κ1) is 20.7. The van der Waals surface area contributed by atoms with Crippen molar-refractivity contribution in [2.24, 2.45) is 5.10 Å². The summed E-state index contributed by atoms with van der Waals surface area (Å²) in [5.74, 6) is 0.878. The van der Waals surface area contributed by atoms with E-state index in [0.717, 1.165) is 11.3 Å². The van der Waals surface area contributed by atoms with Crippen LogP contribution in [0.4, 0.5) is 0 Å². The quantitative estimate of drug-likeness (QED) is 0.400. The fourth-order valence-electron chi connectivity index (χ4n) is 2.33. The van der Waals surface area contributed by atoms with Gasteiger partial charge in [-0.2, -0.15) is 5.10 Å². The smallest absolute Gasteiger partial charge is 0.277 e. The molecule has 3 aromatic carbocycles. The van der Waals surface area contributed by atoms with E-state index in [0.29, 0.717) is 28.0 Å². The predicted octanol–water partition coefficient (Wildman–Crippen LogP) is 5.10. The molecule has 3 rings (SSSR count). The Bertz CT molecular complexity index is 977. The van der Waals surface area contributed by atoms with E-state index >= 15 is 0 Å². The van der Waals surface area contributed by atoms with E-state index in [1.165, 1.54) is 6.21 Å².